The second kappa shape index (κ2) is 7.01. The van der Waals surface area contributed by atoms with E-state index in [1.54, 1.807) is 37.6 Å². The van der Waals surface area contributed by atoms with Crippen LogP contribution < -0.4 is 5.32 Å². The molecule has 126 valence electrons. The summed E-state index contributed by atoms with van der Waals surface area (Å²) in [4.78, 5) is 29.0. The smallest absolute Gasteiger partial charge is 0.348 e. The molecule has 2 aromatic heterocycles. The highest BCUT2D eigenvalue weighted by atomic mass is 32.1. The van der Waals surface area contributed by atoms with Gasteiger partial charge in [-0.3, -0.25) is 4.79 Å². The second-order valence-electron chi connectivity index (χ2n) is 5.08. The maximum absolute atomic E-state index is 12.5. The molecule has 0 saturated heterocycles. The molecule has 3 aromatic rings. The molecule has 1 N–H and O–H groups in total. The van der Waals surface area contributed by atoms with Gasteiger partial charge in [-0.25, -0.2) is 9.78 Å². The Bertz CT molecular complexity index is 1010. The van der Waals surface area contributed by atoms with E-state index in [-0.39, 0.29) is 18.1 Å². The third-order valence-corrected chi connectivity index (χ3v) is 5.52. The lowest BCUT2D eigenvalue weighted by atomic mass is 10.1. The summed E-state index contributed by atoms with van der Waals surface area (Å²) in [6.45, 7) is 3.62. The van der Waals surface area contributed by atoms with E-state index in [1.165, 1.54) is 11.3 Å². The predicted octanol–water partition coefficient (Wildman–Crippen LogP) is 3.97. The number of hydrogen-bond donors (Lipinski definition) is 1. The molecule has 0 bridgehead atoms. The number of thiophene rings is 1. The number of esters is 1. The minimum Gasteiger partial charge on any atom is -0.462 e. The predicted molar refractivity (Wildman–Crippen MR) is 97.3 cm³/mol. The molecule has 25 heavy (non-hydrogen) atoms. The lowest BCUT2D eigenvalue weighted by Crippen LogP contribution is -2.11. The van der Waals surface area contributed by atoms with Crippen LogP contribution >= 0.6 is 22.7 Å². The number of carbonyl (C=O) groups is 2. The molecule has 1 aromatic carbocycles. The summed E-state index contributed by atoms with van der Waals surface area (Å²) in [6, 6.07) is 7.24. The molecule has 0 aliphatic carbocycles. The summed E-state index contributed by atoms with van der Waals surface area (Å²) in [6.07, 6.45) is 0. The fourth-order valence-electron chi connectivity index (χ4n) is 2.30. The molecule has 2 heterocycles. The lowest BCUT2D eigenvalue weighted by molar-refractivity contribution is 0.0531. The average molecular weight is 371 g/mol. The summed E-state index contributed by atoms with van der Waals surface area (Å²) in [7, 11) is 0. The molecule has 3 rings (SSSR count). The van der Waals surface area contributed by atoms with Gasteiger partial charge in [-0.05, 0) is 37.6 Å². The molecule has 1 amide bonds. The Hall–Kier alpha value is -2.76. The summed E-state index contributed by atoms with van der Waals surface area (Å²) in [5.41, 5.74) is 3.80. The lowest BCUT2D eigenvalue weighted by Gasteiger charge is -2.03. The van der Waals surface area contributed by atoms with Crippen LogP contribution in [-0.4, -0.2) is 23.5 Å². The Morgan fingerprint density at radius 1 is 1.40 bits per heavy atom. The number of rotatable bonds is 4. The van der Waals surface area contributed by atoms with Crippen LogP contribution in [0, 0.1) is 18.3 Å². The molecule has 0 radical (unpaired) electrons. The Labute approximate surface area is 151 Å². The first kappa shape index (κ1) is 17.1. The molecule has 0 aliphatic heterocycles. The van der Waals surface area contributed by atoms with Crippen LogP contribution in [0.5, 0.6) is 0 Å². The van der Waals surface area contributed by atoms with E-state index in [0.29, 0.717) is 21.0 Å². The second-order valence-corrected chi connectivity index (χ2v) is 6.99. The normalized spacial score (nSPS) is 10.4. The molecular weight excluding hydrogens is 358 g/mol. The number of aromatic nitrogens is 1. The van der Waals surface area contributed by atoms with Crippen LogP contribution in [0.15, 0.2) is 23.7 Å². The van der Waals surface area contributed by atoms with Gasteiger partial charge in [0.1, 0.15) is 15.9 Å². The highest BCUT2D eigenvalue weighted by molar-refractivity contribution is 7.18. The number of nitrogens with one attached hydrogen (secondary N) is 1. The third-order valence-electron chi connectivity index (χ3n) is 3.54. The maximum Gasteiger partial charge on any atom is 0.348 e. The van der Waals surface area contributed by atoms with E-state index in [1.807, 2.05) is 6.07 Å². The highest BCUT2D eigenvalue weighted by Crippen LogP contribution is 2.33. The van der Waals surface area contributed by atoms with Gasteiger partial charge < -0.3 is 10.1 Å². The first-order valence-electron chi connectivity index (χ1n) is 7.40. The summed E-state index contributed by atoms with van der Waals surface area (Å²) >= 11 is 2.50. The number of thiazole rings is 1. The van der Waals surface area contributed by atoms with Gasteiger partial charge in [0.2, 0.25) is 0 Å². The minimum atomic E-state index is -0.493. The monoisotopic (exact) mass is 371 g/mol. The van der Waals surface area contributed by atoms with Gasteiger partial charge in [-0.2, -0.15) is 5.26 Å². The average Bonchev–Trinajstić information content (AvgIpc) is 3.18. The number of fused-ring (bicyclic) bond motifs is 1. The van der Waals surface area contributed by atoms with Gasteiger partial charge >= 0.3 is 5.97 Å². The van der Waals surface area contributed by atoms with E-state index >= 15 is 0 Å². The zero-order valence-electron chi connectivity index (χ0n) is 13.5. The van der Waals surface area contributed by atoms with Crippen LogP contribution in [0.2, 0.25) is 0 Å². The number of carbonyl (C=O) groups excluding carboxylic acids is 2. The van der Waals surface area contributed by atoms with Crippen molar-refractivity contribution in [2.45, 2.75) is 13.8 Å². The molecule has 8 heteroatoms. The molecule has 0 aliphatic rings. The van der Waals surface area contributed by atoms with Crippen LogP contribution in [-0.2, 0) is 4.74 Å². The zero-order chi connectivity index (χ0) is 18.0. The van der Waals surface area contributed by atoms with E-state index in [2.05, 4.69) is 10.3 Å². The molecule has 0 spiro atoms. The Kier molecular flexibility index (Phi) is 4.79. The standard InChI is InChI=1S/C17H13N3O3S2/c1-3-23-17(22)14-9(2)11(7-18)16(25-14)20-15(21)10-4-5-12-13(6-10)24-8-19-12/h4-6,8H,3H2,1-2H3,(H,20,21). The Morgan fingerprint density at radius 3 is 2.92 bits per heavy atom. The third kappa shape index (κ3) is 3.24. The number of hydrogen-bond acceptors (Lipinski definition) is 7. The molecule has 0 saturated carbocycles. The van der Waals surface area contributed by atoms with Crippen molar-refractivity contribution in [3.63, 3.8) is 0 Å². The van der Waals surface area contributed by atoms with Crippen molar-refractivity contribution in [1.82, 2.24) is 4.98 Å². The molecule has 0 unspecified atom stereocenters. The summed E-state index contributed by atoms with van der Waals surface area (Å²) in [5.74, 6) is -0.837. The number of nitriles is 1. The van der Waals surface area contributed by atoms with Crippen LogP contribution in [0.3, 0.4) is 0 Å². The van der Waals surface area contributed by atoms with Crippen LogP contribution in [0.1, 0.15) is 38.1 Å². The SMILES string of the molecule is CCOC(=O)c1sc(NC(=O)c2ccc3ncsc3c2)c(C#N)c1C. The fraction of sp³-hybridized carbons (Fsp3) is 0.176. The summed E-state index contributed by atoms with van der Waals surface area (Å²) in [5, 5.41) is 12.4. The van der Waals surface area contributed by atoms with Crippen molar-refractivity contribution in [1.29, 1.82) is 5.26 Å². The number of ether oxygens (including phenoxy) is 1. The van der Waals surface area contributed by atoms with E-state index in [4.69, 9.17) is 4.74 Å². The number of anilines is 1. The van der Waals surface area contributed by atoms with Crippen LogP contribution in [0.25, 0.3) is 10.2 Å². The highest BCUT2D eigenvalue weighted by Gasteiger charge is 2.22. The largest absolute Gasteiger partial charge is 0.462 e. The first-order valence-corrected chi connectivity index (χ1v) is 9.10. The van der Waals surface area contributed by atoms with Crippen molar-refractivity contribution < 1.29 is 14.3 Å². The molecule has 0 atom stereocenters. The van der Waals surface area contributed by atoms with Gasteiger partial charge in [-0.1, -0.05) is 0 Å². The Morgan fingerprint density at radius 2 is 2.20 bits per heavy atom. The number of benzene rings is 1. The van der Waals surface area contributed by atoms with Gasteiger partial charge in [0.25, 0.3) is 5.91 Å². The van der Waals surface area contributed by atoms with E-state index < -0.39 is 5.97 Å². The first-order chi connectivity index (χ1) is 12.0. The van der Waals surface area contributed by atoms with Crippen molar-refractivity contribution in [3.05, 3.63) is 45.3 Å². The Balaban J connectivity index is 1.91. The summed E-state index contributed by atoms with van der Waals surface area (Å²) < 4.78 is 5.90. The van der Waals surface area contributed by atoms with Gasteiger partial charge in [0.15, 0.2) is 0 Å². The number of nitrogens with zero attached hydrogens (tertiary/aromatic N) is 2. The van der Waals surface area contributed by atoms with Crippen molar-refractivity contribution in [2.75, 3.05) is 11.9 Å². The quantitative estimate of drug-likeness (QED) is 0.701. The molecule has 6 nitrogen and oxygen atoms in total. The number of amides is 1. The molecular formula is C17H13N3O3S2. The van der Waals surface area contributed by atoms with E-state index in [0.717, 1.165) is 21.6 Å². The fourth-order valence-corrected chi connectivity index (χ4v) is 4.06. The van der Waals surface area contributed by atoms with Gasteiger partial charge in [0.05, 0.1) is 27.9 Å². The molecule has 0 fully saturated rings. The topological polar surface area (TPSA) is 92.1 Å². The van der Waals surface area contributed by atoms with Gasteiger partial charge in [0, 0.05) is 5.56 Å². The zero-order valence-corrected chi connectivity index (χ0v) is 15.1. The van der Waals surface area contributed by atoms with Crippen LogP contribution in [0.4, 0.5) is 5.00 Å². The van der Waals surface area contributed by atoms with Crippen molar-refractivity contribution >= 4 is 49.8 Å². The van der Waals surface area contributed by atoms with Gasteiger partial charge in [-0.15, -0.1) is 22.7 Å². The van der Waals surface area contributed by atoms with Crippen molar-refractivity contribution in [3.8, 4) is 6.07 Å². The maximum atomic E-state index is 12.5. The van der Waals surface area contributed by atoms with E-state index in [9.17, 15) is 14.9 Å². The minimum absolute atomic E-state index is 0.245. The van der Waals surface area contributed by atoms with Crippen molar-refractivity contribution in [2.24, 2.45) is 0 Å².